The fraction of sp³-hybridized carbons (Fsp3) is 0.591. The van der Waals surface area contributed by atoms with Crippen molar-refractivity contribution in [3.63, 3.8) is 0 Å². The highest BCUT2D eigenvalue weighted by molar-refractivity contribution is 5.78. The van der Waals surface area contributed by atoms with Crippen LogP contribution in [-0.4, -0.2) is 76.6 Å². The van der Waals surface area contributed by atoms with E-state index >= 15 is 0 Å². The fourth-order valence-corrected chi connectivity index (χ4v) is 4.35. The summed E-state index contributed by atoms with van der Waals surface area (Å²) in [6.45, 7) is 10.7. The van der Waals surface area contributed by atoms with E-state index in [9.17, 15) is 4.79 Å². The van der Waals surface area contributed by atoms with E-state index in [0.29, 0.717) is 18.3 Å². The van der Waals surface area contributed by atoms with Gasteiger partial charge in [-0.2, -0.15) is 4.98 Å². The minimum atomic E-state index is 0.239. The van der Waals surface area contributed by atoms with Crippen LogP contribution in [0.3, 0.4) is 0 Å². The zero-order valence-electron chi connectivity index (χ0n) is 17.5. The van der Waals surface area contributed by atoms with Crippen LogP contribution in [0, 0.1) is 13.8 Å². The first-order valence-corrected chi connectivity index (χ1v) is 10.7. The van der Waals surface area contributed by atoms with Gasteiger partial charge < -0.3 is 9.42 Å². The van der Waals surface area contributed by atoms with Gasteiger partial charge in [0.25, 0.3) is 0 Å². The molecule has 1 aromatic heterocycles. The summed E-state index contributed by atoms with van der Waals surface area (Å²) in [5, 5.41) is 3.91. The maximum Gasteiger partial charge on any atom is 0.236 e. The molecule has 2 aliphatic rings. The summed E-state index contributed by atoms with van der Waals surface area (Å²) in [6.07, 6.45) is 2.10. The molecule has 0 radical (unpaired) electrons. The first-order valence-electron chi connectivity index (χ1n) is 10.7. The van der Waals surface area contributed by atoms with E-state index in [1.807, 2.05) is 11.8 Å². The summed E-state index contributed by atoms with van der Waals surface area (Å²) in [4.78, 5) is 23.9. The molecule has 0 N–H and O–H groups in total. The molecule has 7 heteroatoms. The van der Waals surface area contributed by atoms with Crippen LogP contribution in [0.4, 0.5) is 0 Å². The number of piperazine rings is 1. The Bertz CT molecular complexity index is 828. The molecular weight excluding hydrogens is 366 g/mol. The van der Waals surface area contributed by atoms with Gasteiger partial charge in [0, 0.05) is 39.3 Å². The molecule has 1 amide bonds. The van der Waals surface area contributed by atoms with E-state index in [1.54, 1.807) is 0 Å². The number of likely N-dealkylation sites (tertiary alicyclic amines) is 1. The number of aryl methyl sites for hydroxylation is 2. The second-order valence-electron chi connectivity index (χ2n) is 8.34. The highest BCUT2D eigenvalue weighted by Crippen LogP contribution is 2.25. The number of rotatable bonds is 5. The zero-order chi connectivity index (χ0) is 20.2. The molecule has 0 bridgehead atoms. The summed E-state index contributed by atoms with van der Waals surface area (Å²) in [6, 6.07) is 8.55. The number of carbonyl (C=O) groups excluding carboxylic acids is 1. The third-order valence-corrected chi connectivity index (χ3v) is 6.14. The lowest BCUT2D eigenvalue weighted by Crippen LogP contribution is -2.51. The van der Waals surface area contributed by atoms with Crippen LogP contribution < -0.4 is 0 Å². The van der Waals surface area contributed by atoms with Crippen molar-refractivity contribution in [3.8, 4) is 0 Å². The maximum atomic E-state index is 12.8. The van der Waals surface area contributed by atoms with Crippen LogP contribution in [0.15, 0.2) is 28.8 Å². The predicted molar refractivity (Wildman–Crippen MR) is 110 cm³/mol. The molecule has 156 valence electrons. The van der Waals surface area contributed by atoms with E-state index < -0.39 is 0 Å². The van der Waals surface area contributed by atoms with Gasteiger partial charge in [0.2, 0.25) is 11.8 Å². The number of carbonyl (C=O) groups is 1. The Hall–Kier alpha value is -2.25. The molecule has 0 aliphatic carbocycles. The number of amides is 1. The van der Waals surface area contributed by atoms with Gasteiger partial charge in [0.1, 0.15) is 0 Å². The molecule has 2 aliphatic heterocycles. The van der Waals surface area contributed by atoms with Crippen molar-refractivity contribution in [2.24, 2.45) is 0 Å². The van der Waals surface area contributed by atoms with E-state index in [1.165, 1.54) is 11.1 Å². The Balaban J connectivity index is 1.25. The minimum Gasteiger partial charge on any atom is -0.339 e. The van der Waals surface area contributed by atoms with Gasteiger partial charge in [0.15, 0.2) is 5.82 Å². The minimum absolute atomic E-state index is 0.239. The van der Waals surface area contributed by atoms with Gasteiger partial charge in [-0.05, 0) is 44.4 Å². The lowest BCUT2D eigenvalue weighted by Gasteiger charge is -2.37. The lowest BCUT2D eigenvalue weighted by molar-refractivity contribution is -0.134. The summed E-state index contributed by atoms with van der Waals surface area (Å²) in [5.74, 6) is 1.87. The molecular formula is C22H31N5O2. The molecule has 1 aromatic carbocycles. The van der Waals surface area contributed by atoms with Crippen molar-refractivity contribution in [2.75, 3.05) is 45.8 Å². The van der Waals surface area contributed by atoms with E-state index in [-0.39, 0.29) is 11.8 Å². The molecule has 3 heterocycles. The highest BCUT2D eigenvalue weighted by Gasteiger charge is 2.29. The van der Waals surface area contributed by atoms with Crippen LogP contribution >= 0.6 is 0 Å². The van der Waals surface area contributed by atoms with Crippen molar-refractivity contribution >= 4 is 5.91 Å². The average Bonchev–Trinajstić information content (AvgIpc) is 3.17. The molecule has 2 aromatic rings. The van der Waals surface area contributed by atoms with Crippen LogP contribution in [-0.2, 0) is 11.3 Å². The number of nitrogens with zero attached hydrogens (tertiary/aromatic N) is 5. The summed E-state index contributed by atoms with van der Waals surface area (Å²) in [5.41, 5.74) is 2.71. The highest BCUT2D eigenvalue weighted by atomic mass is 16.5. The van der Waals surface area contributed by atoms with Crippen LogP contribution in [0.25, 0.3) is 0 Å². The standard InChI is InChI=1S/C22H31N5O2/c1-17-6-3-4-7-19(17)14-25-10-12-27(13-11-25)21(28)16-26-9-5-8-20(15-26)22-23-18(2)24-29-22/h3-4,6-7,20H,5,8-16H2,1-2H3. The molecule has 0 saturated carbocycles. The van der Waals surface area contributed by atoms with Gasteiger partial charge in [-0.25, -0.2) is 0 Å². The Morgan fingerprint density at radius 1 is 1.10 bits per heavy atom. The fourth-order valence-electron chi connectivity index (χ4n) is 4.35. The smallest absolute Gasteiger partial charge is 0.236 e. The second kappa shape index (κ2) is 9.05. The zero-order valence-corrected chi connectivity index (χ0v) is 17.5. The Morgan fingerprint density at radius 3 is 2.62 bits per heavy atom. The monoisotopic (exact) mass is 397 g/mol. The summed E-state index contributed by atoms with van der Waals surface area (Å²) < 4.78 is 5.35. The van der Waals surface area contributed by atoms with Gasteiger partial charge >= 0.3 is 0 Å². The number of hydrogen-bond acceptors (Lipinski definition) is 6. The summed E-state index contributed by atoms with van der Waals surface area (Å²) in [7, 11) is 0. The van der Waals surface area contributed by atoms with Crippen LogP contribution in [0.1, 0.15) is 41.6 Å². The second-order valence-corrected chi connectivity index (χ2v) is 8.34. The molecule has 0 spiro atoms. The Kier molecular flexibility index (Phi) is 6.25. The third kappa shape index (κ3) is 5.03. The molecule has 1 atom stereocenters. The SMILES string of the molecule is Cc1noc(C2CCCN(CC(=O)N3CCN(Cc4ccccc4C)CC3)C2)n1. The van der Waals surface area contributed by atoms with Crippen molar-refractivity contribution in [1.82, 2.24) is 24.8 Å². The predicted octanol–water partition coefficient (Wildman–Crippen LogP) is 2.21. The van der Waals surface area contributed by atoms with Gasteiger partial charge in [-0.3, -0.25) is 14.6 Å². The third-order valence-electron chi connectivity index (χ3n) is 6.14. The lowest BCUT2D eigenvalue weighted by atomic mass is 9.98. The van der Waals surface area contributed by atoms with Gasteiger partial charge in [0.05, 0.1) is 12.5 Å². The average molecular weight is 398 g/mol. The Labute approximate surface area is 172 Å². The van der Waals surface area contributed by atoms with Gasteiger partial charge in [-0.1, -0.05) is 29.4 Å². The molecule has 2 fully saturated rings. The van der Waals surface area contributed by atoms with Crippen molar-refractivity contribution in [3.05, 3.63) is 47.1 Å². The normalized spacial score (nSPS) is 21.4. The molecule has 1 unspecified atom stereocenters. The van der Waals surface area contributed by atoms with E-state index in [4.69, 9.17) is 4.52 Å². The largest absolute Gasteiger partial charge is 0.339 e. The topological polar surface area (TPSA) is 65.7 Å². The first-order chi connectivity index (χ1) is 14.1. The van der Waals surface area contributed by atoms with Crippen molar-refractivity contribution < 1.29 is 9.32 Å². The molecule has 2 saturated heterocycles. The number of aromatic nitrogens is 2. The number of hydrogen-bond donors (Lipinski definition) is 0. The van der Waals surface area contributed by atoms with Crippen LogP contribution in [0.2, 0.25) is 0 Å². The van der Waals surface area contributed by atoms with Crippen molar-refractivity contribution in [2.45, 2.75) is 39.2 Å². The maximum absolute atomic E-state index is 12.8. The Morgan fingerprint density at radius 2 is 1.90 bits per heavy atom. The molecule has 29 heavy (non-hydrogen) atoms. The van der Waals surface area contributed by atoms with Crippen molar-refractivity contribution in [1.29, 1.82) is 0 Å². The molecule has 7 nitrogen and oxygen atoms in total. The van der Waals surface area contributed by atoms with E-state index in [2.05, 4.69) is 51.1 Å². The number of benzene rings is 1. The molecule has 4 rings (SSSR count). The summed E-state index contributed by atoms with van der Waals surface area (Å²) >= 11 is 0. The first kappa shape index (κ1) is 20.0. The van der Waals surface area contributed by atoms with Crippen LogP contribution in [0.5, 0.6) is 0 Å². The van der Waals surface area contributed by atoms with E-state index in [0.717, 1.165) is 58.7 Å². The quantitative estimate of drug-likeness (QED) is 0.771. The van der Waals surface area contributed by atoms with Gasteiger partial charge in [-0.15, -0.1) is 0 Å². The number of piperidine rings is 1.